The molecule has 0 saturated carbocycles. The minimum atomic E-state index is -0.573. The first-order chi connectivity index (χ1) is 14.9. The number of halogens is 1. The minimum absolute atomic E-state index is 0.109. The first-order valence-electron chi connectivity index (χ1n) is 9.66. The van der Waals surface area contributed by atoms with E-state index in [2.05, 4.69) is 4.98 Å². The van der Waals surface area contributed by atoms with E-state index in [0.29, 0.717) is 28.9 Å². The Morgan fingerprint density at radius 2 is 2.00 bits per heavy atom. The number of thiazole rings is 1. The van der Waals surface area contributed by atoms with Crippen molar-refractivity contribution in [1.82, 2.24) is 4.98 Å². The van der Waals surface area contributed by atoms with Gasteiger partial charge in [-0.25, -0.2) is 14.2 Å². The van der Waals surface area contributed by atoms with Gasteiger partial charge in [-0.2, -0.15) is 0 Å². The molecule has 3 aromatic rings. The van der Waals surface area contributed by atoms with Crippen LogP contribution in [0.25, 0.3) is 21.7 Å². The van der Waals surface area contributed by atoms with Crippen molar-refractivity contribution in [3.63, 3.8) is 0 Å². The molecule has 2 aromatic carbocycles. The van der Waals surface area contributed by atoms with Crippen LogP contribution in [-0.4, -0.2) is 34.7 Å². The van der Waals surface area contributed by atoms with Crippen molar-refractivity contribution in [2.75, 3.05) is 11.4 Å². The zero-order valence-corrected chi connectivity index (χ0v) is 17.3. The number of carbonyl (C=O) groups is 2. The summed E-state index contributed by atoms with van der Waals surface area (Å²) in [5.74, 6) is -0.921. The lowest BCUT2D eigenvalue weighted by Gasteiger charge is -2.14. The maximum Gasteiger partial charge on any atom is 0.414 e. The molecule has 0 spiro atoms. The van der Waals surface area contributed by atoms with E-state index in [1.165, 1.54) is 22.3 Å². The summed E-state index contributed by atoms with van der Waals surface area (Å²) in [6.45, 7) is 0.131. The molecule has 0 bridgehead atoms. The number of primary amides is 1. The first-order valence-corrected chi connectivity index (χ1v) is 10.5. The first kappa shape index (κ1) is 21.0. The van der Waals surface area contributed by atoms with E-state index in [0.717, 1.165) is 10.6 Å². The zero-order valence-electron chi connectivity index (χ0n) is 16.5. The molecule has 1 fully saturated rings. The Morgan fingerprint density at radius 3 is 2.65 bits per heavy atom. The standard InChI is InChI=1S/C22H20FN3O4S/c23-19-9-16(26-10-17(30-22(26)29)6-8-20(24)28)5-7-18(19)13-1-3-14(4-2-13)21-25-15(11-27)12-31-21/h1-5,7,9,12,17,27H,6,8,10-11H2,(H2,24,28)/t17-/m0/s1. The van der Waals surface area contributed by atoms with E-state index in [4.69, 9.17) is 15.6 Å². The number of ether oxygens (including phenoxy) is 1. The van der Waals surface area contributed by atoms with Crippen molar-refractivity contribution in [2.24, 2.45) is 5.73 Å². The zero-order chi connectivity index (χ0) is 22.0. The summed E-state index contributed by atoms with van der Waals surface area (Å²) in [4.78, 5) is 28.7. The van der Waals surface area contributed by atoms with E-state index in [1.807, 2.05) is 12.1 Å². The van der Waals surface area contributed by atoms with Crippen LogP contribution in [0.5, 0.6) is 0 Å². The molecule has 2 amide bonds. The lowest BCUT2D eigenvalue weighted by molar-refractivity contribution is -0.118. The molecular weight excluding hydrogens is 421 g/mol. The molecule has 0 unspecified atom stereocenters. The predicted octanol–water partition coefficient (Wildman–Crippen LogP) is 3.70. The summed E-state index contributed by atoms with van der Waals surface area (Å²) in [6.07, 6.45) is -0.565. The highest BCUT2D eigenvalue weighted by molar-refractivity contribution is 7.13. The Kier molecular flexibility index (Phi) is 5.97. The number of nitrogens with two attached hydrogens (primary N) is 1. The van der Waals surface area contributed by atoms with Crippen molar-refractivity contribution >= 4 is 29.0 Å². The van der Waals surface area contributed by atoms with E-state index in [-0.39, 0.29) is 19.6 Å². The predicted molar refractivity (Wildman–Crippen MR) is 115 cm³/mol. The molecule has 9 heteroatoms. The van der Waals surface area contributed by atoms with Crippen LogP contribution in [0.15, 0.2) is 47.8 Å². The molecule has 3 N–H and O–H groups in total. The monoisotopic (exact) mass is 441 g/mol. The van der Waals surface area contributed by atoms with Gasteiger partial charge in [-0.15, -0.1) is 11.3 Å². The molecule has 1 atom stereocenters. The van der Waals surface area contributed by atoms with E-state index >= 15 is 0 Å². The Balaban J connectivity index is 1.50. The van der Waals surface area contributed by atoms with Crippen LogP contribution in [0, 0.1) is 5.82 Å². The number of nitrogens with zero attached hydrogens (tertiary/aromatic N) is 2. The molecule has 160 valence electrons. The number of hydrogen-bond donors (Lipinski definition) is 2. The number of rotatable bonds is 7. The van der Waals surface area contributed by atoms with Gasteiger partial charge in [0.25, 0.3) is 0 Å². The summed E-state index contributed by atoms with van der Waals surface area (Å²) in [5.41, 5.74) is 8.12. The molecule has 1 aromatic heterocycles. The molecule has 1 saturated heterocycles. The normalized spacial score (nSPS) is 15.9. The Morgan fingerprint density at radius 1 is 1.26 bits per heavy atom. The van der Waals surface area contributed by atoms with Gasteiger partial charge in [0.15, 0.2) is 0 Å². The van der Waals surface area contributed by atoms with E-state index in [1.54, 1.807) is 29.6 Å². The fraction of sp³-hybridized carbons (Fsp3) is 0.227. The van der Waals surface area contributed by atoms with Gasteiger partial charge in [0.1, 0.15) is 16.9 Å². The maximum absolute atomic E-state index is 14.9. The van der Waals surface area contributed by atoms with Gasteiger partial charge in [-0.05, 0) is 30.2 Å². The van der Waals surface area contributed by atoms with Gasteiger partial charge in [0.2, 0.25) is 5.91 Å². The Bertz CT molecular complexity index is 1120. The highest BCUT2D eigenvalue weighted by Gasteiger charge is 2.32. The topological polar surface area (TPSA) is 106 Å². The molecular formula is C22H20FN3O4S. The fourth-order valence-corrected chi connectivity index (χ4v) is 4.21. The second-order valence-electron chi connectivity index (χ2n) is 7.16. The van der Waals surface area contributed by atoms with Crippen LogP contribution >= 0.6 is 11.3 Å². The lowest BCUT2D eigenvalue weighted by atomic mass is 10.0. The van der Waals surface area contributed by atoms with Gasteiger partial charge in [0, 0.05) is 22.9 Å². The molecule has 1 aliphatic heterocycles. The summed E-state index contributed by atoms with van der Waals surface area (Å²) < 4.78 is 20.1. The second kappa shape index (κ2) is 8.83. The van der Waals surface area contributed by atoms with Crippen LogP contribution in [0.2, 0.25) is 0 Å². The third-order valence-corrected chi connectivity index (χ3v) is 5.95. The van der Waals surface area contributed by atoms with Gasteiger partial charge >= 0.3 is 6.09 Å². The lowest BCUT2D eigenvalue weighted by Crippen LogP contribution is -2.25. The van der Waals surface area contributed by atoms with Crippen molar-refractivity contribution in [3.05, 3.63) is 59.4 Å². The van der Waals surface area contributed by atoms with Crippen LogP contribution in [0.1, 0.15) is 18.5 Å². The number of anilines is 1. The quantitative estimate of drug-likeness (QED) is 0.582. The fourth-order valence-electron chi connectivity index (χ4n) is 3.40. The van der Waals surface area contributed by atoms with Crippen LogP contribution in [0.3, 0.4) is 0 Å². The molecule has 0 aliphatic carbocycles. The van der Waals surface area contributed by atoms with Crippen LogP contribution < -0.4 is 10.6 Å². The molecule has 4 rings (SSSR count). The number of aromatic nitrogens is 1. The number of aliphatic hydroxyl groups is 1. The number of amides is 2. The molecule has 2 heterocycles. The van der Waals surface area contributed by atoms with Crippen molar-refractivity contribution in [1.29, 1.82) is 0 Å². The van der Waals surface area contributed by atoms with Gasteiger partial charge in [-0.1, -0.05) is 24.3 Å². The van der Waals surface area contributed by atoms with Gasteiger partial charge in [-0.3, -0.25) is 9.69 Å². The third kappa shape index (κ3) is 4.57. The van der Waals surface area contributed by atoms with Crippen LogP contribution in [-0.2, 0) is 16.1 Å². The van der Waals surface area contributed by atoms with Crippen molar-refractivity contribution in [3.8, 4) is 21.7 Å². The van der Waals surface area contributed by atoms with Crippen LogP contribution in [0.4, 0.5) is 14.9 Å². The second-order valence-corrected chi connectivity index (χ2v) is 8.02. The largest absolute Gasteiger partial charge is 0.444 e. The molecule has 31 heavy (non-hydrogen) atoms. The number of aliphatic hydroxyl groups excluding tert-OH is 1. The Hall–Kier alpha value is -3.30. The molecule has 0 radical (unpaired) electrons. The average Bonchev–Trinajstić information content (AvgIpc) is 3.39. The minimum Gasteiger partial charge on any atom is -0.444 e. The maximum atomic E-state index is 14.9. The SMILES string of the molecule is NC(=O)CC[C@H]1CN(c2ccc(-c3ccc(-c4nc(CO)cs4)cc3)c(F)c2)C(=O)O1. The summed E-state index contributed by atoms with van der Waals surface area (Å²) in [7, 11) is 0. The highest BCUT2D eigenvalue weighted by atomic mass is 32.1. The number of carbonyl (C=O) groups excluding carboxylic acids is 2. The third-order valence-electron chi connectivity index (χ3n) is 5.01. The molecule has 1 aliphatic rings. The number of hydrogen-bond acceptors (Lipinski definition) is 6. The van der Waals surface area contributed by atoms with Gasteiger partial charge in [0.05, 0.1) is 24.5 Å². The molecule has 7 nitrogen and oxygen atoms in total. The van der Waals surface area contributed by atoms with E-state index < -0.39 is 23.9 Å². The number of cyclic esters (lactones) is 1. The summed E-state index contributed by atoms with van der Waals surface area (Å²) >= 11 is 1.43. The average molecular weight is 441 g/mol. The summed E-state index contributed by atoms with van der Waals surface area (Å²) in [6, 6.07) is 11.9. The Labute approximate surface area is 181 Å². The number of benzene rings is 2. The van der Waals surface area contributed by atoms with E-state index in [9.17, 15) is 14.0 Å². The highest BCUT2D eigenvalue weighted by Crippen LogP contribution is 2.31. The van der Waals surface area contributed by atoms with Crippen molar-refractivity contribution in [2.45, 2.75) is 25.6 Å². The van der Waals surface area contributed by atoms with Crippen molar-refractivity contribution < 1.29 is 23.8 Å². The smallest absolute Gasteiger partial charge is 0.414 e. The summed E-state index contributed by atoms with van der Waals surface area (Å²) in [5, 5.41) is 11.7. The van der Waals surface area contributed by atoms with Gasteiger partial charge < -0.3 is 15.6 Å².